The number of rotatable bonds is 7. The quantitative estimate of drug-likeness (QED) is 0.254. The minimum Gasteiger partial charge on any atom is -0.491 e. The van der Waals surface area contributed by atoms with E-state index < -0.39 is 0 Å². The average molecular weight is 513 g/mol. The Balaban J connectivity index is 1.60. The molecule has 0 radical (unpaired) electrons. The third-order valence-electron chi connectivity index (χ3n) is 6.21. The lowest BCUT2D eigenvalue weighted by Crippen LogP contribution is -2.30. The van der Waals surface area contributed by atoms with Gasteiger partial charge in [0, 0.05) is 29.5 Å². The Labute approximate surface area is 221 Å². The fraction of sp³-hybridized carbons (Fsp3) is 0.207. The minimum absolute atomic E-state index is 0.0886. The van der Waals surface area contributed by atoms with E-state index in [1.807, 2.05) is 86.8 Å². The van der Waals surface area contributed by atoms with Crippen LogP contribution in [0.1, 0.15) is 47.7 Å². The number of hydrogen-bond donors (Lipinski definition) is 1. The monoisotopic (exact) mass is 512 g/mol. The molecule has 1 saturated heterocycles. The molecule has 2 aromatic carbocycles. The summed E-state index contributed by atoms with van der Waals surface area (Å²) >= 11 is 5.87. The molecule has 0 unspecified atom stereocenters. The van der Waals surface area contributed by atoms with Gasteiger partial charge in [0.15, 0.2) is 5.11 Å². The molecule has 8 heteroatoms. The highest BCUT2D eigenvalue weighted by Crippen LogP contribution is 2.42. The lowest BCUT2D eigenvalue weighted by Gasteiger charge is -2.29. The number of methoxy groups -OCH3 is 1. The Bertz CT molecular complexity index is 1400. The van der Waals surface area contributed by atoms with Gasteiger partial charge in [-0.05, 0) is 92.8 Å². The number of aromatic nitrogens is 2. The summed E-state index contributed by atoms with van der Waals surface area (Å²) in [5.41, 5.74) is 4.15. The van der Waals surface area contributed by atoms with Gasteiger partial charge in [-0.25, -0.2) is 4.79 Å². The second kappa shape index (κ2) is 10.4. The SMILES string of the molecule is COC(=O)c1cccc(-n2cccc2[C@@H]2[C@@H](c3ccccn3)NC(=S)N2c2ccc(OC(C)C)cc2)c1. The van der Waals surface area contributed by atoms with Crippen LogP contribution in [0.2, 0.25) is 0 Å². The Morgan fingerprint density at radius 2 is 1.81 bits per heavy atom. The second-order valence-corrected chi connectivity index (χ2v) is 9.39. The first kappa shape index (κ1) is 24.5. The number of hydrogen-bond acceptors (Lipinski definition) is 5. The van der Waals surface area contributed by atoms with Crippen LogP contribution >= 0.6 is 12.2 Å². The van der Waals surface area contributed by atoms with Crippen LogP contribution < -0.4 is 15.0 Å². The van der Waals surface area contributed by atoms with Gasteiger partial charge in [0.05, 0.1) is 30.5 Å². The largest absolute Gasteiger partial charge is 0.491 e. The highest BCUT2D eigenvalue weighted by Gasteiger charge is 2.42. The van der Waals surface area contributed by atoms with Gasteiger partial charge >= 0.3 is 5.97 Å². The van der Waals surface area contributed by atoms with E-state index in [2.05, 4.69) is 25.8 Å². The highest BCUT2D eigenvalue weighted by atomic mass is 32.1. The maximum absolute atomic E-state index is 12.2. The molecule has 5 rings (SSSR count). The zero-order valence-corrected chi connectivity index (χ0v) is 21.7. The molecule has 2 aromatic heterocycles. The normalized spacial score (nSPS) is 17.1. The molecule has 1 N–H and O–H groups in total. The van der Waals surface area contributed by atoms with E-state index in [-0.39, 0.29) is 24.2 Å². The molecule has 0 saturated carbocycles. The van der Waals surface area contributed by atoms with Crippen LogP contribution in [-0.2, 0) is 4.74 Å². The van der Waals surface area contributed by atoms with E-state index in [0.29, 0.717) is 10.7 Å². The Morgan fingerprint density at radius 1 is 1.00 bits per heavy atom. The summed E-state index contributed by atoms with van der Waals surface area (Å²) in [6, 6.07) is 24.9. The molecule has 1 fully saturated rings. The molecule has 0 spiro atoms. The number of esters is 1. The van der Waals surface area contributed by atoms with Crippen LogP contribution in [0.4, 0.5) is 5.69 Å². The van der Waals surface area contributed by atoms with Crippen LogP contribution in [0.15, 0.2) is 91.3 Å². The molecule has 1 aliphatic heterocycles. The molecule has 0 amide bonds. The van der Waals surface area contributed by atoms with E-state index in [4.69, 9.17) is 21.7 Å². The van der Waals surface area contributed by atoms with Crippen molar-refractivity contribution >= 4 is 29.0 Å². The summed E-state index contributed by atoms with van der Waals surface area (Å²) in [4.78, 5) is 19.0. The zero-order chi connectivity index (χ0) is 25.9. The standard InChI is InChI=1S/C29H28N4O3S/c1-19(2)36-23-14-12-21(13-15-23)33-27(26(31-29(33)37)24-10-4-5-16-30-24)25-11-7-17-32(25)22-9-6-8-20(18-22)28(34)35-3/h4-19,26-27H,1-3H3,(H,31,37)/t26-,27-/m1/s1. The molecule has 4 aromatic rings. The van der Waals surface area contributed by atoms with Gasteiger partial charge in [-0.3, -0.25) is 4.98 Å². The first-order valence-electron chi connectivity index (χ1n) is 12.1. The van der Waals surface area contributed by atoms with Crippen molar-refractivity contribution in [3.63, 3.8) is 0 Å². The van der Waals surface area contributed by atoms with Gasteiger partial charge in [0.25, 0.3) is 0 Å². The predicted octanol–water partition coefficient (Wildman–Crippen LogP) is 5.62. The smallest absolute Gasteiger partial charge is 0.337 e. The molecule has 37 heavy (non-hydrogen) atoms. The zero-order valence-electron chi connectivity index (χ0n) is 20.9. The number of ether oxygens (including phenoxy) is 2. The minimum atomic E-state index is -0.379. The van der Waals surface area contributed by atoms with E-state index in [9.17, 15) is 4.79 Å². The molecule has 2 atom stereocenters. The summed E-state index contributed by atoms with van der Waals surface area (Å²) < 4.78 is 12.9. The third kappa shape index (κ3) is 4.93. The van der Waals surface area contributed by atoms with E-state index in [1.165, 1.54) is 7.11 Å². The molecule has 7 nitrogen and oxygen atoms in total. The summed E-state index contributed by atoms with van der Waals surface area (Å²) in [7, 11) is 1.38. The van der Waals surface area contributed by atoms with Crippen LogP contribution in [0, 0.1) is 0 Å². The molecular weight excluding hydrogens is 484 g/mol. The lowest BCUT2D eigenvalue weighted by molar-refractivity contribution is 0.0600. The average Bonchev–Trinajstić information content (AvgIpc) is 3.53. The molecule has 0 aliphatic carbocycles. The number of thiocarbonyl (C=S) groups is 1. The van der Waals surface area contributed by atoms with Crippen molar-refractivity contribution in [3.05, 3.63) is 108 Å². The number of carbonyl (C=O) groups excluding carboxylic acids is 1. The number of nitrogens with zero attached hydrogens (tertiary/aromatic N) is 3. The van der Waals surface area contributed by atoms with Crippen molar-refractivity contribution < 1.29 is 14.3 Å². The highest BCUT2D eigenvalue weighted by molar-refractivity contribution is 7.80. The lowest BCUT2D eigenvalue weighted by atomic mass is 10.0. The number of nitrogens with one attached hydrogen (secondary N) is 1. The van der Waals surface area contributed by atoms with Gasteiger partial charge < -0.3 is 24.3 Å². The van der Waals surface area contributed by atoms with Gasteiger partial charge in [-0.15, -0.1) is 0 Å². The number of pyridine rings is 1. The van der Waals surface area contributed by atoms with Crippen molar-refractivity contribution in [2.24, 2.45) is 0 Å². The molecule has 3 heterocycles. The van der Waals surface area contributed by atoms with Crippen molar-refractivity contribution in [2.45, 2.75) is 32.0 Å². The molecular formula is C29H28N4O3S. The van der Waals surface area contributed by atoms with E-state index in [0.717, 1.165) is 28.5 Å². The fourth-order valence-corrected chi connectivity index (χ4v) is 5.01. The van der Waals surface area contributed by atoms with Crippen LogP contribution in [0.3, 0.4) is 0 Å². The fourth-order valence-electron chi connectivity index (χ4n) is 4.66. The van der Waals surface area contributed by atoms with E-state index in [1.54, 1.807) is 12.3 Å². The Kier molecular flexibility index (Phi) is 6.92. The summed E-state index contributed by atoms with van der Waals surface area (Å²) in [6.07, 6.45) is 3.86. The van der Waals surface area contributed by atoms with Crippen molar-refractivity contribution in [3.8, 4) is 11.4 Å². The van der Waals surface area contributed by atoms with Crippen LogP contribution in [-0.4, -0.2) is 33.8 Å². The van der Waals surface area contributed by atoms with Crippen LogP contribution in [0.5, 0.6) is 5.75 Å². The molecule has 0 bridgehead atoms. The first-order chi connectivity index (χ1) is 18.0. The topological polar surface area (TPSA) is 68.6 Å². The Morgan fingerprint density at radius 3 is 2.51 bits per heavy atom. The summed E-state index contributed by atoms with van der Waals surface area (Å²) in [6.45, 7) is 4.01. The summed E-state index contributed by atoms with van der Waals surface area (Å²) in [5, 5.41) is 4.10. The maximum atomic E-state index is 12.2. The number of anilines is 1. The number of carbonyl (C=O) groups is 1. The van der Waals surface area contributed by atoms with Gasteiger partial charge in [-0.2, -0.15) is 0 Å². The van der Waals surface area contributed by atoms with Crippen molar-refractivity contribution in [2.75, 3.05) is 12.0 Å². The van der Waals surface area contributed by atoms with Crippen LogP contribution in [0.25, 0.3) is 5.69 Å². The third-order valence-corrected chi connectivity index (χ3v) is 6.53. The molecule has 1 aliphatic rings. The predicted molar refractivity (Wildman–Crippen MR) is 147 cm³/mol. The van der Waals surface area contributed by atoms with Gasteiger partial charge in [-0.1, -0.05) is 12.1 Å². The van der Waals surface area contributed by atoms with E-state index >= 15 is 0 Å². The maximum Gasteiger partial charge on any atom is 0.337 e. The van der Waals surface area contributed by atoms with Gasteiger partial charge in [0.1, 0.15) is 11.8 Å². The Hall–Kier alpha value is -4.17. The van der Waals surface area contributed by atoms with Gasteiger partial charge in [0.2, 0.25) is 0 Å². The second-order valence-electron chi connectivity index (χ2n) is 9.00. The number of benzene rings is 2. The van der Waals surface area contributed by atoms with Crippen molar-refractivity contribution in [1.82, 2.24) is 14.9 Å². The molecule has 188 valence electrons. The first-order valence-corrected chi connectivity index (χ1v) is 12.5. The summed E-state index contributed by atoms with van der Waals surface area (Å²) in [5.74, 6) is 0.425. The van der Waals surface area contributed by atoms with Crippen molar-refractivity contribution in [1.29, 1.82) is 0 Å².